The minimum absolute atomic E-state index is 0.0647. The quantitative estimate of drug-likeness (QED) is 0.775. The number of thiazole rings is 1. The number of carbonyl (C=O) groups is 1. The highest BCUT2D eigenvalue weighted by Gasteiger charge is 2.14. The summed E-state index contributed by atoms with van der Waals surface area (Å²) in [5.74, 6) is 1.65. The van der Waals surface area contributed by atoms with Gasteiger partial charge in [0.25, 0.3) is 0 Å². The summed E-state index contributed by atoms with van der Waals surface area (Å²) in [4.78, 5) is 17.8. The highest BCUT2D eigenvalue weighted by molar-refractivity contribution is 7.15. The molecule has 0 saturated carbocycles. The number of amides is 1. The van der Waals surface area contributed by atoms with Crippen molar-refractivity contribution in [3.05, 3.63) is 28.3 Å². The average Bonchev–Trinajstić information content (AvgIpc) is 2.97. The predicted octanol–water partition coefficient (Wildman–Crippen LogP) is 3.61. The number of anilines is 1. The van der Waals surface area contributed by atoms with Gasteiger partial charge in [-0.3, -0.25) is 4.79 Å². The second-order valence-electron chi connectivity index (χ2n) is 5.46. The molecule has 0 aliphatic rings. The lowest BCUT2D eigenvalue weighted by Crippen LogP contribution is -2.12. The minimum Gasteiger partial charge on any atom is -0.493 e. The second-order valence-corrected chi connectivity index (χ2v) is 6.66. The Bertz CT molecular complexity index is 718. The summed E-state index contributed by atoms with van der Waals surface area (Å²) < 4.78 is 16.0. The first kappa shape index (κ1) is 19.1. The topological polar surface area (TPSA) is 69.7 Å². The Labute approximate surface area is 152 Å². The van der Waals surface area contributed by atoms with Gasteiger partial charge in [-0.25, -0.2) is 4.98 Å². The van der Waals surface area contributed by atoms with Gasteiger partial charge in [0, 0.05) is 11.3 Å². The van der Waals surface area contributed by atoms with Gasteiger partial charge in [0.15, 0.2) is 16.6 Å². The molecule has 6 nitrogen and oxygen atoms in total. The van der Waals surface area contributed by atoms with Crippen molar-refractivity contribution < 1.29 is 19.0 Å². The Balaban J connectivity index is 2.03. The van der Waals surface area contributed by atoms with Crippen LogP contribution in [0.4, 0.5) is 5.13 Å². The highest BCUT2D eigenvalue weighted by atomic mass is 32.1. The fraction of sp³-hybridized carbons (Fsp3) is 0.444. The van der Waals surface area contributed by atoms with E-state index in [2.05, 4.69) is 17.2 Å². The Kier molecular flexibility index (Phi) is 6.64. The van der Waals surface area contributed by atoms with Crippen LogP contribution in [0.1, 0.15) is 29.5 Å². The van der Waals surface area contributed by atoms with E-state index in [1.54, 1.807) is 21.3 Å². The van der Waals surface area contributed by atoms with E-state index < -0.39 is 0 Å². The van der Waals surface area contributed by atoms with E-state index in [9.17, 15) is 4.79 Å². The molecule has 0 saturated heterocycles. The molecule has 1 aromatic carbocycles. The number of aryl methyl sites for hydroxylation is 3. The zero-order valence-corrected chi connectivity index (χ0v) is 16.1. The number of benzene rings is 1. The number of ether oxygens (including phenoxy) is 3. The first-order valence-corrected chi connectivity index (χ1v) is 8.89. The molecular formula is C18H24N2O4S. The van der Waals surface area contributed by atoms with Crippen molar-refractivity contribution in [2.45, 2.75) is 33.1 Å². The van der Waals surface area contributed by atoms with Crippen LogP contribution in [0.25, 0.3) is 0 Å². The van der Waals surface area contributed by atoms with Crippen molar-refractivity contribution in [1.82, 2.24) is 4.98 Å². The first-order valence-electron chi connectivity index (χ1n) is 8.07. The Hall–Kier alpha value is -2.28. The molecule has 0 bridgehead atoms. The molecule has 2 aromatic rings. The number of aromatic nitrogens is 1. The van der Waals surface area contributed by atoms with E-state index in [1.165, 1.54) is 11.3 Å². The lowest BCUT2D eigenvalue weighted by Gasteiger charge is -2.14. The molecule has 0 unspecified atom stereocenters. The number of hydrogen-bond acceptors (Lipinski definition) is 6. The van der Waals surface area contributed by atoms with Gasteiger partial charge in [-0.1, -0.05) is 6.92 Å². The van der Waals surface area contributed by atoms with Gasteiger partial charge in [-0.2, -0.15) is 0 Å². The number of hydrogen-bond donors (Lipinski definition) is 1. The molecule has 25 heavy (non-hydrogen) atoms. The SMILES string of the molecule is CCc1nc(NC(=O)CCc2cc(OC)c(OC)c(OC)c2)sc1C. The zero-order chi connectivity index (χ0) is 18.4. The van der Waals surface area contributed by atoms with Gasteiger partial charge < -0.3 is 19.5 Å². The molecule has 1 N–H and O–H groups in total. The molecule has 136 valence electrons. The summed E-state index contributed by atoms with van der Waals surface area (Å²) in [6.07, 6.45) is 1.77. The largest absolute Gasteiger partial charge is 0.493 e. The average molecular weight is 364 g/mol. The minimum atomic E-state index is -0.0647. The Morgan fingerprint density at radius 2 is 1.80 bits per heavy atom. The molecule has 1 heterocycles. The van der Waals surface area contributed by atoms with Gasteiger partial charge in [0.1, 0.15) is 0 Å². The van der Waals surface area contributed by atoms with E-state index in [-0.39, 0.29) is 5.91 Å². The maximum atomic E-state index is 12.2. The summed E-state index contributed by atoms with van der Waals surface area (Å²) in [5.41, 5.74) is 1.97. The van der Waals surface area contributed by atoms with Crippen molar-refractivity contribution in [1.29, 1.82) is 0 Å². The van der Waals surface area contributed by atoms with Crippen molar-refractivity contribution in [3.8, 4) is 17.2 Å². The number of methoxy groups -OCH3 is 3. The van der Waals surface area contributed by atoms with Crippen molar-refractivity contribution >= 4 is 22.4 Å². The lowest BCUT2D eigenvalue weighted by atomic mass is 10.1. The van der Waals surface area contributed by atoms with Crippen molar-refractivity contribution in [2.24, 2.45) is 0 Å². The van der Waals surface area contributed by atoms with Gasteiger partial charge in [0.2, 0.25) is 11.7 Å². The standard InChI is InChI=1S/C18H24N2O4S/c1-6-13-11(2)25-18(19-13)20-16(21)8-7-12-9-14(22-3)17(24-5)15(10-12)23-4/h9-10H,6-8H2,1-5H3,(H,19,20,21). The fourth-order valence-electron chi connectivity index (χ4n) is 2.53. The van der Waals surface area contributed by atoms with Gasteiger partial charge in [-0.05, 0) is 37.5 Å². The van der Waals surface area contributed by atoms with E-state index >= 15 is 0 Å². The molecule has 1 amide bonds. The number of rotatable bonds is 8. The summed E-state index contributed by atoms with van der Waals surface area (Å²) in [7, 11) is 4.71. The maximum Gasteiger partial charge on any atom is 0.226 e. The zero-order valence-electron chi connectivity index (χ0n) is 15.3. The molecule has 0 atom stereocenters. The number of nitrogens with zero attached hydrogens (tertiary/aromatic N) is 1. The first-order chi connectivity index (χ1) is 12.0. The molecule has 1 aromatic heterocycles. The summed E-state index contributed by atoms with van der Waals surface area (Å²) in [6, 6.07) is 3.72. The van der Waals surface area contributed by atoms with E-state index in [0.29, 0.717) is 35.2 Å². The van der Waals surface area contributed by atoms with Crippen molar-refractivity contribution in [3.63, 3.8) is 0 Å². The normalized spacial score (nSPS) is 10.4. The highest BCUT2D eigenvalue weighted by Crippen LogP contribution is 2.38. The third-order valence-corrected chi connectivity index (χ3v) is 4.77. The van der Waals surface area contributed by atoms with Crippen LogP contribution in [0, 0.1) is 6.92 Å². The Morgan fingerprint density at radius 1 is 1.16 bits per heavy atom. The van der Waals surface area contributed by atoms with Crippen LogP contribution in [0.15, 0.2) is 12.1 Å². The molecule has 0 radical (unpaired) electrons. The van der Waals surface area contributed by atoms with Gasteiger partial charge in [-0.15, -0.1) is 11.3 Å². The van der Waals surface area contributed by atoms with Crippen LogP contribution in [-0.4, -0.2) is 32.2 Å². The van der Waals surface area contributed by atoms with E-state index in [4.69, 9.17) is 14.2 Å². The molecule has 0 aliphatic carbocycles. The number of nitrogens with one attached hydrogen (secondary N) is 1. The molecule has 0 spiro atoms. The summed E-state index contributed by atoms with van der Waals surface area (Å²) in [6.45, 7) is 4.07. The van der Waals surface area contributed by atoms with Crippen LogP contribution >= 0.6 is 11.3 Å². The third kappa shape index (κ3) is 4.63. The van der Waals surface area contributed by atoms with Crippen LogP contribution in [0.2, 0.25) is 0 Å². The summed E-state index contributed by atoms with van der Waals surface area (Å²) >= 11 is 1.51. The maximum absolute atomic E-state index is 12.2. The number of carbonyl (C=O) groups excluding carboxylic acids is 1. The van der Waals surface area contributed by atoms with Crippen LogP contribution < -0.4 is 19.5 Å². The van der Waals surface area contributed by atoms with Crippen molar-refractivity contribution in [2.75, 3.05) is 26.6 Å². The van der Waals surface area contributed by atoms with Crippen LogP contribution in [0.5, 0.6) is 17.2 Å². The fourth-order valence-corrected chi connectivity index (χ4v) is 3.45. The smallest absolute Gasteiger partial charge is 0.226 e. The van der Waals surface area contributed by atoms with Crippen LogP contribution in [0.3, 0.4) is 0 Å². The predicted molar refractivity (Wildman–Crippen MR) is 99.3 cm³/mol. The molecule has 0 fully saturated rings. The molecular weight excluding hydrogens is 340 g/mol. The molecule has 0 aliphatic heterocycles. The monoisotopic (exact) mass is 364 g/mol. The van der Waals surface area contributed by atoms with Gasteiger partial charge >= 0.3 is 0 Å². The van der Waals surface area contributed by atoms with Crippen LogP contribution in [-0.2, 0) is 17.6 Å². The van der Waals surface area contributed by atoms with E-state index in [0.717, 1.165) is 22.6 Å². The van der Waals surface area contributed by atoms with Gasteiger partial charge in [0.05, 0.1) is 27.0 Å². The summed E-state index contributed by atoms with van der Waals surface area (Å²) in [5, 5.41) is 3.53. The Morgan fingerprint density at radius 3 is 2.28 bits per heavy atom. The molecule has 2 rings (SSSR count). The lowest BCUT2D eigenvalue weighted by molar-refractivity contribution is -0.116. The van der Waals surface area contributed by atoms with E-state index in [1.807, 2.05) is 19.1 Å². The third-order valence-electron chi connectivity index (χ3n) is 3.84. The molecule has 7 heteroatoms. The second kappa shape index (κ2) is 8.71.